The molecule has 31 heavy (non-hydrogen) atoms. The van der Waals surface area contributed by atoms with Crippen molar-refractivity contribution in [3.63, 3.8) is 0 Å². The fourth-order valence-corrected chi connectivity index (χ4v) is 4.66. The number of thioether (sulfide) groups is 1. The molecule has 0 radical (unpaired) electrons. The molecule has 158 valence electrons. The average Bonchev–Trinajstić information content (AvgIpc) is 3.36. The Labute approximate surface area is 188 Å². The minimum absolute atomic E-state index is 0.142. The van der Waals surface area contributed by atoms with Gasteiger partial charge in [0.25, 0.3) is 0 Å². The van der Waals surface area contributed by atoms with Gasteiger partial charge in [0, 0.05) is 6.54 Å². The van der Waals surface area contributed by atoms with Crippen molar-refractivity contribution in [1.29, 1.82) is 0 Å². The molecule has 1 amide bonds. The number of carbonyl (C=O) groups is 1. The molecule has 0 fully saturated rings. The minimum Gasteiger partial charge on any atom is -0.486 e. The Bertz CT molecular complexity index is 1200. The summed E-state index contributed by atoms with van der Waals surface area (Å²) in [5.74, 6) is 1.49. The van der Waals surface area contributed by atoms with E-state index in [9.17, 15) is 4.79 Å². The molecule has 0 saturated carbocycles. The zero-order valence-corrected chi connectivity index (χ0v) is 18.6. The van der Waals surface area contributed by atoms with E-state index in [0.717, 1.165) is 21.5 Å². The second kappa shape index (κ2) is 9.76. The van der Waals surface area contributed by atoms with Crippen LogP contribution in [-0.2, 0) is 17.9 Å². The van der Waals surface area contributed by atoms with E-state index in [1.807, 2.05) is 60.0 Å². The summed E-state index contributed by atoms with van der Waals surface area (Å²) in [5, 5.41) is 12.6. The van der Waals surface area contributed by atoms with Gasteiger partial charge in [0.1, 0.15) is 12.4 Å². The molecule has 2 heterocycles. The Morgan fingerprint density at radius 1 is 1.23 bits per heavy atom. The number of nitrogens with zero attached hydrogens (tertiary/aromatic N) is 4. The van der Waals surface area contributed by atoms with E-state index in [0.29, 0.717) is 22.7 Å². The first-order valence-electron chi connectivity index (χ1n) is 9.63. The average molecular weight is 452 g/mol. The number of para-hydroxylation sites is 2. The SMILES string of the molecule is C=CCn1c(COc2ccccc2)nnc1SCC(=O)Nc1nc2c(C)cccc2s1. The molecule has 0 unspecified atom stereocenters. The lowest BCUT2D eigenvalue weighted by Crippen LogP contribution is -2.14. The maximum Gasteiger partial charge on any atom is 0.236 e. The molecule has 2 aromatic heterocycles. The monoisotopic (exact) mass is 451 g/mol. The second-order valence-electron chi connectivity index (χ2n) is 6.68. The number of aromatic nitrogens is 4. The van der Waals surface area contributed by atoms with Crippen LogP contribution in [0.4, 0.5) is 5.13 Å². The molecule has 0 saturated heterocycles. The van der Waals surface area contributed by atoms with Gasteiger partial charge in [0.2, 0.25) is 5.91 Å². The number of carbonyl (C=O) groups excluding carboxylic acids is 1. The molecule has 2 aromatic carbocycles. The van der Waals surface area contributed by atoms with Crippen molar-refractivity contribution >= 4 is 44.4 Å². The number of amides is 1. The third-order valence-electron chi connectivity index (χ3n) is 4.42. The molecule has 4 aromatic rings. The van der Waals surface area contributed by atoms with Crippen molar-refractivity contribution in [2.75, 3.05) is 11.1 Å². The van der Waals surface area contributed by atoms with Gasteiger partial charge in [0.05, 0.1) is 16.0 Å². The normalized spacial score (nSPS) is 10.9. The van der Waals surface area contributed by atoms with E-state index in [1.165, 1.54) is 23.1 Å². The van der Waals surface area contributed by atoms with Gasteiger partial charge in [-0.25, -0.2) is 4.98 Å². The number of benzene rings is 2. The highest BCUT2D eigenvalue weighted by atomic mass is 32.2. The standard InChI is InChI=1S/C22H21N5O2S2/c1-3-12-27-18(13-29-16-9-5-4-6-10-16)25-26-22(27)30-14-19(28)23-21-24-20-15(2)8-7-11-17(20)31-21/h3-11H,1,12-14H2,2H3,(H,23,24,28). The van der Waals surface area contributed by atoms with E-state index < -0.39 is 0 Å². The lowest BCUT2D eigenvalue weighted by Gasteiger charge is -2.09. The number of hydrogen-bond donors (Lipinski definition) is 1. The number of anilines is 1. The van der Waals surface area contributed by atoms with Gasteiger partial charge in [-0.2, -0.15) is 0 Å². The molecule has 0 spiro atoms. The third kappa shape index (κ3) is 5.12. The van der Waals surface area contributed by atoms with E-state index in [1.54, 1.807) is 6.08 Å². The molecule has 0 bridgehead atoms. The number of fused-ring (bicyclic) bond motifs is 1. The molecule has 0 atom stereocenters. The van der Waals surface area contributed by atoms with Crippen LogP contribution in [0.2, 0.25) is 0 Å². The van der Waals surface area contributed by atoms with Crippen molar-refractivity contribution in [2.45, 2.75) is 25.2 Å². The van der Waals surface area contributed by atoms with Gasteiger partial charge in [-0.1, -0.05) is 59.5 Å². The van der Waals surface area contributed by atoms with Crippen molar-refractivity contribution in [3.8, 4) is 5.75 Å². The van der Waals surface area contributed by atoms with Crippen molar-refractivity contribution in [2.24, 2.45) is 0 Å². The maximum atomic E-state index is 12.5. The minimum atomic E-state index is -0.142. The fraction of sp³-hybridized carbons (Fsp3) is 0.182. The number of thiazole rings is 1. The Kier molecular flexibility index (Phi) is 6.63. The summed E-state index contributed by atoms with van der Waals surface area (Å²) in [6.45, 7) is 6.62. The van der Waals surface area contributed by atoms with Gasteiger partial charge in [-0.15, -0.1) is 16.8 Å². The molecule has 0 aliphatic rings. The van der Waals surface area contributed by atoms with Crippen LogP contribution in [0.25, 0.3) is 10.2 Å². The Morgan fingerprint density at radius 3 is 2.84 bits per heavy atom. The van der Waals surface area contributed by atoms with Crippen LogP contribution in [0.15, 0.2) is 66.3 Å². The summed E-state index contributed by atoms with van der Waals surface area (Å²) in [7, 11) is 0. The Hall–Kier alpha value is -3.17. The highest BCUT2D eigenvalue weighted by Crippen LogP contribution is 2.28. The molecule has 9 heteroatoms. The van der Waals surface area contributed by atoms with Gasteiger partial charge in [-0.05, 0) is 30.7 Å². The van der Waals surface area contributed by atoms with Crippen LogP contribution < -0.4 is 10.1 Å². The number of nitrogens with one attached hydrogen (secondary N) is 1. The quantitative estimate of drug-likeness (QED) is 0.294. The summed E-state index contributed by atoms with van der Waals surface area (Å²) in [5.41, 5.74) is 2.01. The molecule has 4 rings (SSSR count). The zero-order chi connectivity index (χ0) is 21.6. The number of aryl methyl sites for hydroxylation is 1. The van der Waals surface area contributed by atoms with E-state index in [2.05, 4.69) is 27.1 Å². The highest BCUT2D eigenvalue weighted by Gasteiger charge is 2.15. The molecular weight excluding hydrogens is 430 g/mol. The lowest BCUT2D eigenvalue weighted by molar-refractivity contribution is -0.113. The summed E-state index contributed by atoms with van der Waals surface area (Å²) in [6, 6.07) is 15.5. The van der Waals surface area contributed by atoms with Gasteiger partial charge < -0.3 is 10.1 Å². The second-order valence-corrected chi connectivity index (χ2v) is 8.65. The van der Waals surface area contributed by atoms with Crippen LogP contribution in [0, 0.1) is 6.92 Å². The van der Waals surface area contributed by atoms with Gasteiger partial charge in [-0.3, -0.25) is 9.36 Å². The van der Waals surface area contributed by atoms with E-state index >= 15 is 0 Å². The molecular formula is C22H21N5O2S2. The van der Waals surface area contributed by atoms with Crippen LogP contribution in [-0.4, -0.2) is 31.4 Å². The van der Waals surface area contributed by atoms with Crippen LogP contribution in [0.5, 0.6) is 5.75 Å². The number of ether oxygens (including phenoxy) is 1. The Balaban J connectivity index is 1.38. The van der Waals surface area contributed by atoms with Crippen molar-refractivity contribution in [3.05, 3.63) is 72.6 Å². The van der Waals surface area contributed by atoms with E-state index in [4.69, 9.17) is 4.74 Å². The summed E-state index contributed by atoms with van der Waals surface area (Å²) in [4.78, 5) is 17.0. The van der Waals surface area contributed by atoms with Gasteiger partial charge >= 0.3 is 0 Å². The smallest absolute Gasteiger partial charge is 0.236 e. The summed E-state index contributed by atoms with van der Waals surface area (Å²) >= 11 is 2.78. The topological polar surface area (TPSA) is 81.9 Å². The molecule has 7 nitrogen and oxygen atoms in total. The third-order valence-corrected chi connectivity index (χ3v) is 6.32. The van der Waals surface area contributed by atoms with E-state index in [-0.39, 0.29) is 18.3 Å². The molecule has 1 N–H and O–H groups in total. The number of rotatable bonds is 9. The number of allylic oxidation sites excluding steroid dienone is 1. The van der Waals surface area contributed by atoms with Gasteiger partial charge in [0.15, 0.2) is 16.1 Å². The predicted octanol–water partition coefficient (Wildman–Crippen LogP) is 4.69. The van der Waals surface area contributed by atoms with Crippen LogP contribution in [0.3, 0.4) is 0 Å². The summed E-state index contributed by atoms with van der Waals surface area (Å²) < 4.78 is 8.73. The lowest BCUT2D eigenvalue weighted by atomic mass is 10.2. The van der Waals surface area contributed by atoms with Crippen molar-refractivity contribution < 1.29 is 9.53 Å². The predicted molar refractivity (Wildman–Crippen MR) is 125 cm³/mol. The van der Waals surface area contributed by atoms with Crippen LogP contribution >= 0.6 is 23.1 Å². The summed E-state index contributed by atoms with van der Waals surface area (Å²) in [6.07, 6.45) is 1.77. The largest absolute Gasteiger partial charge is 0.486 e. The van der Waals surface area contributed by atoms with Crippen molar-refractivity contribution in [1.82, 2.24) is 19.7 Å². The number of hydrogen-bond acceptors (Lipinski definition) is 7. The highest BCUT2D eigenvalue weighted by molar-refractivity contribution is 7.99. The molecule has 0 aliphatic carbocycles. The Morgan fingerprint density at radius 2 is 2.06 bits per heavy atom. The molecule has 0 aliphatic heterocycles. The fourth-order valence-electron chi connectivity index (χ4n) is 2.93. The van der Waals surface area contributed by atoms with Crippen LogP contribution in [0.1, 0.15) is 11.4 Å². The first kappa shape index (κ1) is 21.1. The zero-order valence-electron chi connectivity index (χ0n) is 16.9. The maximum absolute atomic E-state index is 12.5. The first-order chi connectivity index (χ1) is 15.1. The first-order valence-corrected chi connectivity index (χ1v) is 11.4.